The summed E-state index contributed by atoms with van der Waals surface area (Å²) >= 11 is 3.45. The van der Waals surface area contributed by atoms with Gasteiger partial charge in [-0.2, -0.15) is 9.61 Å². The zero-order valence-corrected chi connectivity index (χ0v) is 12.3. The highest BCUT2D eigenvalue weighted by molar-refractivity contribution is 9.10. The maximum atomic E-state index is 6.02. The zero-order valence-electron chi connectivity index (χ0n) is 10.7. The lowest BCUT2D eigenvalue weighted by atomic mass is 9.84. The lowest BCUT2D eigenvalue weighted by molar-refractivity contribution is 0.323. The number of hydrogen-bond acceptors (Lipinski definition) is 4. The predicted molar refractivity (Wildman–Crippen MR) is 78.7 cm³/mol. The summed E-state index contributed by atoms with van der Waals surface area (Å²) in [5.41, 5.74) is 13.8. The van der Waals surface area contributed by atoms with Gasteiger partial charge in [-0.05, 0) is 54.0 Å². The van der Waals surface area contributed by atoms with E-state index in [1.54, 1.807) is 10.7 Å². The number of nitrogen functional groups attached to an aromatic ring is 1. The fourth-order valence-corrected chi connectivity index (χ4v) is 3.15. The van der Waals surface area contributed by atoms with Crippen molar-refractivity contribution in [3.63, 3.8) is 0 Å². The molecule has 0 saturated heterocycles. The van der Waals surface area contributed by atoms with Gasteiger partial charge in [0.2, 0.25) is 0 Å². The molecule has 102 valence electrons. The van der Waals surface area contributed by atoms with Crippen molar-refractivity contribution in [2.24, 2.45) is 11.7 Å². The zero-order chi connectivity index (χ0) is 13.4. The number of aromatic nitrogens is 3. The third kappa shape index (κ3) is 2.60. The van der Waals surface area contributed by atoms with Crippen LogP contribution in [-0.2, 0) is 6.42 Å². The molecule has 19 heavy (non-hydrogen) atoms. The molecule has 0 aromatic carbocycles. The summed E-state index contributed by atoms with van der Waals surface area (Å²) in [6.45, 7) is 0. The molecule has 2 aromatic rings. The maximum absolute atomic E-state index is 6.02. The van der Waals surface area contributed by atoms with Gasteiger partial charge in [0.15, 0.2) is 5.65 Å². The van der Waals surface area contributed by atoms with Gasteiger partial charge < -0.3 is 11.5 Å². The molecule has 1 aliphatic carbocycles. The molecule has 0 radical (unpaired) electrons. The fraction of sp³-hybridized carbons (Fsp3) is 0.538. The average molecular weight is 324 g/mol. The molecule has 2 aromatic heterocycles. The monoisotopic (exact) mass is 323 g/mol. The molecule has 6 heteroatoms. The van der Waals surface area contributed by atoms with E-state index >= 15 is 0 Å². The summed E-state index contributed by atoms with van der Waals surface area (Å²) in [6, 6.07) is 2.32. The van der Waals surface area contributed by atoms with Crippen molar-refractivity contribution >= 4 is 27.4 Å². The number of hydrogen-bond donors (Lipinski definition) is 2. The van der Waals surface area contributed by atoms with E-state index in [1.807, 2.05) is 6.07 Å². The van der Waals surface area contributed by atoms with Crippen LogP contribution in [0.4, 0.5) is 5.82 Å². The predicted octanol–water partition coefficient (Wildman–Crippen LogP) is 2.13. The lowest BCUT2D eigenvalue weighted by Gasteiger charge is -2.25. The smallest absolute Gasteiger partial charge is 0.171 e. The Balaban J connectivity index is 1.83. The van der Waals surface area contributed by atoms with Gasteiger partial charge in [0.25, 0.3) is 0 Å². The van der Waals surface area contributed by atoms with Gasteiger partial charge in [-0.15, -0.1) is 0 Å². The van der Waals surface area contributed by atoms with Crippen LogP contribution in [0.25, 0.3) is 5.65 Å². The molecule has 2 heterocycles. The Morgan fingerprint density at radius 3 is 2.79 bits per heavy atom. The second-order valence-corrected chi connectivity index (χ2v) is 6.24. The van der Waals surface area contributed by atoms with Crippen molar-refractivity contribution in [2.45, 2.75) is 38.1 Å². The number of rotatable bonds is 2. The largest absolute Gasteiger partial charge is 0.384 e. The molecule has 0 spiro atoms. The number of anilines is 1. The number of halogens is 1. The summed E-state index contributed by atoms with van der Waals surface area (Å²) in [5.74, 6) is 1.31. The molecule has 0 bridgehead atoms. The molecule has 0 atom stereocenters. The van der Waals surface area contributed by atoms with E-state index in [9.17, 15) is 0 Å². The van der Waals surface area contributed by atoms with Crippen LogP contribution >= 0.6 is 15.9 Å². The third-order valence-electron chi connectivity index (χ3n) is 3.90. The van der Waals surface area contributed by atoms with Gasteiger partial charge in [-0.1, -0.05) is 0 Å². The number of nitrogens with zero attached hydrogens (tertiary/aromatic N) is 3. The topological polar surface area (TPSA) is 82.2 Å². The molecule has 1 saturated carbocycles. The van der Waals surface area contributed by atoms with Gasteiger partial charge in [-0.25, -0.2) is 4.98 Å². The van der Waals surface area contributed by atoms with Crippen molar-refractivity contribution in [2.75, 3.05) is 5.73 Å². The Morgan fingerprint density at radius 1 is 1.32 bits per heavy atom. The number of nitrogens with two attached hydrogens (primary N) is 2. The van der Waals surface area contributed by atoms with Gasteiger partial charge in [-0.3, -0.25) is 0 Å². The van der Waals surface area contributed by atoms with E-state index in [0.717, 1.165) is 35.1 Å². The molecular formula is C13H18BrN5. The van der Waals surface area contributed by atoms with E-state index in [2.05, 4.69) is 26.0 Å². The first kappa shape index (κ1) is 12.9. The molecule has 3 rings (SSSR count). The quantitative estimate of drug-likeness (QED) is 0.887. The van der Waals surface area contributed by atoms with E-state index in [-0.39, 0.29) is 0 Å². The van der Waals surface area contributed by atoms with E-state index in [0.29, 0.717) is 17.8 Å². The van der Waals surface area contributed by atoms with Crippen molar-refractivity contribution in [3.8, 4) is 0 Å². The lowest BCUT2D eigenvalue weighted by Crippen LogP contribution is -2.27. The average Bonchev–Trinajstić information content (AvgIpc) is 2.75. The van der Waals surface area contributed by atoms with Crippen molar-refractivity contribution in [1.82, 2.24) is 14.6 Å². The van der Waals surface area contributed by atoms with Gasteiger partial charge in [0.1, 0.15) is 5.82 Å². The van der Waals surface area contributed by atoms with Gasteiger partial charge in [0, 0.05) is 17.8 Å². The van der Waals surface area contributed by atoms with Gasteiger partial charge in [0.05, 0.1) is 10.7 Å². The minimum atomic E-state index is 0.390. The highest BCUT2D eigenvalue weighted by Gasteiger charge is 2.20. The Kier molecular flexibility index (Phi) is 3.45. The maximum Gasteiger partial charge on any atom is 0.171 e. The first-order chi connectivity index (χ1) is 9.13. The van der Waals surface area contributed by atoms with Crippen LogP contribution in [0.1, 0.15) is 31.4 Å². The van der Waals surface area contributed by atoms with Crippen LogP contribution < -0.4 is 11.5 Å². The first-order valence-corrected chi connectivity index (χ1v) is 7.47. The SMILES string of the molecule is Nc1cc(CC2CCC(N)CC2)nc2c(Br)cnn12. The first-order valence-electron chi connectivity index (χ1n) is 6.67. The highest BCUT2D eigenvalue weighted by Crippen LogP contribution is 2.27. The molecule has 0 amide bonds. The van der Waals surface area contributed by atoms with Crippen molar-refractivity contribution in [3.05, 3.63) is 22.4 Å². The standard InChI is InChI=1S/C13H18BrN5/c14-11-7-17-19-12(16)6-10(18-13(11)19)5-8-1-3-9(15)4-2-8/h6-9H,1-5,15-16H2. The summed E-state index contributed by atoms with van der Waals surface area (Å²) in [7, 11) is 0. The Morgan fingerprint density at radius 2 is 2.05 bits per heavy atom. The van der Waals surface area contributed by atoms with Crippen LogP contribution in [-0.4, -0.2) is 20.6 Å². The summed E-state index contributed by atoms with van der Waals surface area (Å²) in [4.78, 5) is 4.65. The third-order valence-corrected chi connectivity index (χ3v) is 4.46. The molecule has 1 fully saturated rings. The fourth-order valence-electron chi connectivity index (χ4n) is 2.80. The van der Waals surface area contributed by atoms with Crippen molar-refractivity contribution in [1.29, 1.82) is 0 Å². The summed E-state index contributed by atoms with van der Waals surface area (Å²) in [6.07, 6.45) is 7.33. The molecule has 1 aliphatic rings. The van der Waals surface area contributed by atoms with Crippen molar-refractivity contribution < 1.29 is 0 Å². The van der Waals surface area contributed by atoms with Gasteiger partial charge >= 0.3 is 0 Å². The Labute approximate surface area is 120 Å². The minimum absolute atomic E-state index is 0.390. The highest BCUT2D eigenvalue weighted by atomic mass is 79.9. The Bertz CT molecular complexity index is 586. The summed E-state index contributed by atoms with van der Waals surface area (Å²) < 4.78 is 2.54. The molecule has 5 nitrogen and oxygen atoms in total. The van der Waals surface area contributed by atoms with Crippen LogP contribution in [0.15, 0.2) is 16.7 Å². The minimum Gasteiger partial charge on any atom is -0.384 e. The second kappa shape index (κ2) is 5.09. The normalized spacial score (nSPS) is 23.9. The van der Waals surface area contributed by atoms with E-state index < -0.39 is 0 Å². The molecule has 0 unspecified atom stereocenters. The molecule has 4 N–H and O–H groups in total. The molecule has 0 aliphatic heterocycles. The van der Waals surface area contributed by atoms with E-state index in [1.165, 1.54) is 12.8 Å². The number of fused-ring (bicyclic) bond motifs is 1. The Hall–Kier alpha value is -1.14. The second-order valence-electron chi connectivity index (χ2n) is 5.39. The van der Waals surface area contributed by atoms with Crippen LogP contribution in [0.2, 0.25) is 0 Å². The molecular weight excluding hydrogens is 306 g/mol. The van der Waals surface area contributed by atoms with Crippen LogP contribution in [0.5, 0.6) is 0 Å². The van der Waals surface area contributed by atoms with E-state index in [4.69, 9.17) is 11.5 Å². The van der Waals surface area contributed by atoms with Crippen LogP contribution in [0.3, 0.4) is 0 Å². The van der Waals surface area contributed by atoms with Crippen LogP contribution in [0, 0.1) is 5.92 Å². The summed E-state index contributed by atoms with van der Waals surface area (Å²) in [5, 5.41) is 4.18.